The molecule has 2 aromatic carbocycles. The molecule has 0 bridgehead atoms. The summed E-state index contributed by atoms with van der Waals surface area (Å²) >= 11 is 0. The van der Waals surface area contributed by atoms with Crippen LogP contribution < -0.4 is 5.32 Å². The molecule has 0 unspecified atom stereocenters. The van der Waals surface area contributed by atoms with E-state index in [9.17, 15) is 14.9 Å². The van der Waals surface area contributed by atoms with Crippen LogP contribution in [0.5, 0.6) is 0 Å². The van der Waals surface area contributed by atoms with Crippen LogP contribution in [0.15, 0.2) is 48.5 Å². The molecule has 2 amide bonds. The van der Waals surface area contributed by atoms with Crippen molar-refractivity contribution >= 4 is 17.4 Å². The first-order chi connectivity index (χ1) is 14.2. The van der Waals surface area contributed by atoms with Crippen LogP contribution in [-0.4, -0.2) is 46.9 Å². The van der Waals surface area contributed by atoms with Crippen molar-refractivity contribution in [2.75, 3.05) is 31.5 Å². The van der Waals surface area contributed by atoms with Gasteiger partial charge in [0.2, 0.25) is 0 Å². The first-order valence-electron chi connectivity index (χ1n) is 10.3. The lowest BCUT2D eigenvalue weighted by Gasteiger charge is -2.23. The Morgan fingerprint density at radius 2 is 1.67 bits per heavy atom. The average Bonchev–Trinajstić information content (AvgIpc) is 2.94. The zero-order chi connectivity index (χ0) is 21.7. The summed E-state index contributed by atoms with van der Waals surface area (Å²) in [6, 6.07) is 14.5. The maximum absolute atomic E-state index is 12.6. The largest absolute Gasteiger partial charge is 0.323 e. The second kappa shape index (κ2) is 9.26. The lowest BCUT2D eigenvalue weighted by Crippen LogP contribution is -2.38. The fourth-order valence-electron chi connectivity index (χ4n) is 3.57. The molecule has 2 aromatic rings. The number of anilines is 1. The lowest BCUT2D eigenvalue weighted by atomic mass is 9.87. The quantitative estimate of drug-likeness (QED) is 0.589. The van der Waals surface area contributed by atoms with Gasteiger partial charge >= 0.3 is 6.03 Å². The first-order valence-corrected chi connectivity index (χ1v) is 10.3. The van der Waals surface area contributed by atoms with Crippen LogP contribution in [-0.2, 0) is 12.0 Å². The zero-order valence-electron chi connectivity index (χ0n) is 17.9. The maximum Gasteiger partial charge on any atom is 0.321 e. The van der Waals surface area contributed by atoms with Crippen molar-refractivity contribution in [3.8, 4) is 0 Å². The smallest absolute Gasteiger partial charge is 0.321 e. The third kappa shape index (κ3) is 5.79. The Kier molecular flexibility index (Phi) is 6.72. The predicted octanol–water partition coefficient (Wildman–Crippen LogP) is 4.63. The molecule has 7 heteroatoms. The maximum atomic E-state index is 12.6. The van der Waals surface area contributed by atoms with E-state index < -0.39 is 4.92 Å². The molecular formula is C23H30N4O3. The average molecular weight is 411 g/mol. The van der Waals surface area contributed by atoms with E-state index in [-0.39, 0.29) is 17.1 Å². The van der Waals surface area contributed by atoms with Crippen LogP contribution in [0.3, 0.4) is 0 Å². The number of urea groups is 1. The Bertz CT molecular complexity index is 873. The second-order valence-corrected chi connectivity index (χ2v) is 8.80. The molecule has 7 nitrogen and oxygen atoms in total. The van der Waals surface area contributed by atoms with E-state index >= 15 is 0 Å². The van der Waals surface area contributed by atoms with Crippen molar-refractivity contribution in [3.05, 3.63) is 69.8 Å². The van der Waals surface area contributed by atoms with Crippen LogP contribution >= 0.6 is 0 Å². The van der Waals surface area contributed by atoms with Gasteiger partial charge in [-0.25, -0.2) is 4.79 Å². The summed E-state index contributed by atoms with van der Waals surface area (Å²) in [7, 11) is 0. The molecule has 1 aliphatic rings. The summed E-state index contributed by atoms with van der Waals surface area (Å²) in [5.41, 5.74) is 3.33. The Balaban J connectivity index is 1.52. The SMILES string of the molecule is CC(C)(C)c1ccc(CN2CCCN(C(=O)Nc3ccc([N+](=O)[O-])cc3)CC2)cc1. The molecular weight excluding hydrogens is 380 g/mol. The molecule has 1 aliphatic heterocycles. The van der Waals surface area contributed by atoms with E-state index in [0.717, 1.165) is 26.1 Å². The minimum atomic E-state index is -0.453. The minimum absolute atomic E-state index is 0.00828. The Labute approximate surface area is 177 Å². The van der Waals surface area contributed by atoms with Gasteiger partial charge in [-0.05, 0) is 35.1 Å². The molecule has 0 aliphatic carbocycles. The van der Waals surface area contributed by atoms with Gasteiger partial charge in [-0.15, -0.1) is 0 Å². The Morgan fingerprint density at radius 3 is 2.27 bits per heavy atom. The Hall–Kier alpha value is -2.93. The normalized spacial score (nSPS) is 15.5. The van der Waals surface area contributed by atoms with E-state index in [2.05, 4.69) is 55.3 Å². The molecule has 1 saturated heterocycles. The summed E-state index contributed by atoms with van der Waals surface area (Å²) in [5, 5.41) is 13.6. The van der Waals surface area contributed by atoms with E-state index in [1.165, 1.54) is 23.3 Å². The molecule has 1 N–H and O–H groups in total. The van der Waals surface area contributed by atoms with Gasteiger partial charge in [0.15, 0.2) is 0 Å². The van der Waals surface area contributed by atoms with Crippen molar-refractivity contribution < 1.29 is 9.72 Å². The number of nitrogens with zero attached hydrogens (tertiary/aromatic N) is 3. The molecule has 1 heterocycles. The molecule has 0 atom stereocenters. The standard InChI is InChI=1S/C23H30N4O3/c1-23(2,3)19-7-5-18(6-8-19)17-25-13-4-14-26(16-15-25)22(28)24-20-9-11-21(12-10-20)27(29)30/h5-12H,4,13-17H2,1-3H3,(H,24,28). The van der Waals surface area contributed by atoms with Crippen LogP contribution in [0.4, 0.5) is 16.2 Å². The number of hydrogen-bond acceptors (Lipinski definition) is 4. The van der Waals surface area contributed by atoms with Gasteiger partial charge in [-0.3, -0.25) is 15.0 Å². The number of non-ortho nitro benzene ring substituents is 1. The van der Waals surface area contributed by atoms with Crippen LogP contribution in [0, 0.1) is 10.1 Å². The summed E-state index contributed by atoms with van der Waals surface area (Å²) in [4.78, 5) is 27.1. The van der Waals surface area contributed by atoms with Crippen molar-refractivity contribution in [2.45, 2.75) is 39.2 Å². The predicted molar refractivity (Wildman–Crippen MR) is 119 cm³/mol. The number of benzene rings is 2. The van der Waals surface area contributed by atoms with Crippen LogP contribution in [0.25, 0.3) is 0 Å². The molecule has 0 radical (unpaired) electrons. The van der Waals surface area contributed by atoms with Crippen molar-refractivity contribution in [3.63, 3.8) is 0 Å². The molecule has 0 spiro atoms. The third-order valence-corrected chi connectivity index (χ3v) is 5.43. The van der Waals surface area contributed by atoms with Crippen LogP contribution in [0.1, 0.15) is 38.3 Å². The van der Waals surface area contributed by atoms with Gasteiger partial charge < -0.3 is 10.2 Å². The second-order valence-electron chi connectivity index (χ2n) is 8.80. The first kappa shape index (κ1) is 21.8. The van der Waals surface area contributed by atoms with Crippen molar-refractivity contribution in [1.82, 2.24) is 9.80 Å². The topological polar surface area (TPSA) is 78.7 Å². The Morgan fingerprint density at radius 1 is 1.00 bits per heavy atom. The minimum Gasteiger partial charge on any atom is -0.323 e. The van der Waals surface area contributed by atoms with E-state index in [4.69, 9.17) is 0 Å². The molecule has 30 heavy (non-hydrogen) atoms. The highest BCUT2D eigenvalue weighted by molar-refractivity contribution is 5.89. The summed E-state index contributed by atoms with van der Waals surface area (Å²) in [6.07, 6.45) is 0.910. The van der Waals surface area contributed by atoms with Gasteiger partial charge in [-0.1, -0.05) is 45.0 Å². The lowest BCUT2D eigenvalue weighted by molar-refractivity contribution is -0.384. The number of carbonyl (C=O) groups excluding carboxylic acids is 1. The number of carbonyl (C=O) groups is 1. The van der Waals surface area contributed by atoms with E-state index in [1.54, 1.807) is 12.1 Å². The van der Waals surface area contributed by atoms with E-state index in [0.29, 0.717) is 18.8 Å². The molecule has 1 fully saturated rings. The number of nitro benzene ring substituents is 1. The summed E-state index contributed by atoms with van der Waals surface area (Å²) in [5.74, 6) is 0. The van der Waals surface area contributed by atoms with Gasteiger partial charge in [0.05, 0.1) is 4.92 Å². The van der Waals surface area contributed by atoms with Crippen molar-refractivity contribution in [2.24, 2.45) is 0 Å². The van der Waals surface area contributed by atoms with Crippen LogP contribution in [0.2, 0.25) is 0 Å². The van der Waals surface area contributed by atoms with Gasteiger partial charge in [0.25, 0.3) is 5.69 Å². The highest BCUT2D eigenvalue weighted by Crippen LogP contribution is 2.23. The van der Waals surface area contributed by atoms with Gasteiger partial charge in [0, 0.05) is 50.5 Å². The number of nitrogens with one attached hydrogen (secondary N) is 1. The number of rotatable bonds is 4. The van der Waals surface area contributed by atoms with Gasteiger partial charge in [-0.2, -0.15) is 0 Å². The monoisotopic (exact) mass is 410 g/mol. The fourth-order valence-corrected chi connectivity index (χ4v) is 3.57. The number of hydrogen-bond donors (Lipinski definition) is 1. The molecule has 3 rings (SSSR count). The summed E-state index contributed by atoms with van der Waals surface area (Å²) in [6.45, 7) is 10.6. The molecule has 0 saturated carbocycles. The van der Waals surface area contributed by atoms with Crippen molar-refractivity contribution in [1.29, 1.82) is 0 Å². The number of nitro groups is 1. The number of amides is 2. The molecule has 160 valence electrons. The highest BCUT2D eigenvalue weighted by atomic mass is 16.6. The zero-order valence-corrected chi connectivity index (χ0v) is 17.9. The molecule has 0 aromatic heterocycles. The van der Waals surface area contributed by atoms with E-state index in [1.807, 2.05) is 4.90 Å². The summed E-state index contributed by atoms with van der Waals surface area (Å²) < 4.78 is 0. The highest BCUT2D eigenvalue weighted by Gasteiger charge is 2.20. The third-order valence-electron chi connectivity index (χ3n) is 5.43. The fraction of sp³-hybridized carbons (Fsp3) is 0.435. The van der Waals surface area contributed by atoms with Gasteiger partial charge in [0.1, 0.15) is 0 Å².